The van der Waals surface area contributed by atoms with Crippen LogP contribution in [0.1, 0.15) is 36.4 Å². The van der Waals surface area contributed by atoms with Gasteiger partial charge in [-0.2, -0.15) is 0 Å². The number of carbonyl (C=O) groups excluding carboxylic acids is 1. The number of hydrogen-bond acceptors (Lipinski definition) is 4. The fourth-order valence-corrected chi connectivity index (χ4v) is 2.37. The molecule has 0 radical (unpaired) electrons. The predicted molar refractivity (Wildman–Crippen MR) is 88.0 cm³/mol. The van der Waals surface area contributed by atoms with Gasteiger partial charge in [-0.3, -0.25) is 4.79 Å². The zero-order valence-electron chi connectivity index (χ0n) is 14.2. The Morgan fingerprint density at radius 2 is 1.96 bits per heavy atom. The topological polar surface area (TPSA) is 64.4 Å². The van der Waals surface area contributed by atoms with Crippen LogP contribution >= 0.6 is 0 Å². The number of hydrogen-bond donors (Lipinski definition) is 1. The van der Waals surface area contributed by atoms with Gasteiger partial charge in [0.25, 0.3) is 0 Å². The first-order chi connectivity index (χ1) is 10.9. The third kappa shape index (κ3) is 5.21. The largest absolute Gasteiger partial charge is 0.374 e. The van der Waals surface area contributed by atoms with E-state index < -0.39 is 5.54 Å². The van der Waals surface area contributed by atoms with Crippen LogP contribution in [0, 0.1) is 13.8 Å². The summed E-state index contributed by atoms with van der Waals surface area (Å²) in [4.78, 5) is 12.2. The Balaban J connectivity index is 1.81. The van der Waals surface area contributed by atoms with Crippen LogP contribution in [0.3, 0.4) is 0 Å². The first-order valence-corrected chi connectivity index (χ1v) is 7.72. The molecule has 5 heteroatoms. The number of nitrogens with one attached hydrogen (secondary N) is 1. The SMILES string of the molecule is Cc1noc(C)c1CC(=O)NC(C)(C)COCc1ccccc1. The van der Waals surface area contributed by atoms with Gasteiger partial charge in [0.05, 0.1) is 30.9 Å². The summed E-state index contributed by atoms with van der Waals surface area (Å²) in [6.45, 7) is 8.52. The zero-order valence-corrected chi connectivity index (χ0v) is 14.2. The van der Waals surface area contributed by atoms with Gasteiger partial charge in [0, 0.05) is 5.56 Å². The van der Waals surface area contributed by atoms with Crippen LogP contribution in [-0.2, 0) is 22.6 Å². The normalized spacial score (nSPS) is 11.5. The highest BCUT2D eigenvalue weighted by Gasteiger charge is 2.22. The lowest BCUT2D eigenvalue weighted by atomic mass is 10.1. The molecule has 0 aliphatic rings. The third-order valence-corrected chi connectivity index (χ3v) is 3.57. The maximum atomic E-state index is 12.2. The van der Waals surface area contributed by atoms with Crippen molar-refractivity contribution in [2.24, 2.45) is 0 Å². The fourth-order valence-electron chi connectivity index (χ4n) is 2.37. The van der Waals surface area contributed by atoms with Crippen LogP contribution in [0.4, 0.5) is 0 Å². The molecular formula is C18H24N2O3. The van der Waals surface area contributed by atoms with E-state index >= 15 is 0 Å². The molecule has 0 atom stereocenters. The minimum absolute atomic E-state index is 0.0623. The van der Waals surface area contributed by atoms with Crippen molar-refractivity contribution in [3.63, 3.8) is 0 Å². The van der Waals surface area contributed by atoms with Crippen molar-refractivity contribution in [3.8, 4) is 0 Å². The summed E-state index contributed by atoms with van der Waals surface area (Å²) in [5.41, 5.74) is 2.29. The molecular weight excluding hydrogens is 292 g/mol. The molecule has 124 valence electrons. The van der Waals surface area contributed by atoms with E-state index in [1.807, 2.05) is 58.0 Å². The first kappa shape index (κ1) is 17.2. The van der Waals surface area contributed by atoms with Gasteiger partial charge in [-0.15, -0.1) is 0 Å². The van der Waals surface area contributed by atoms with Crippen LogP contribution in [-0.4, -0.2) is 23.2 Å². The zero-order chi connectivity index (χ0) is 16.9. The van der Waals surface area contributed by atoms with Gasteiger partial charge >= 0.3 is 0 Å². The van der Waals surface area contributed by atoms with E-state index in [4.69, 9.17) is 9.26 Å². The van der Waals surface area contributed by atoms with Gasteiger partial charge in [0.1, 0.15) is 5.76 Å². The number of benzene rings is 1. The van der Waals surface area contributed by atoms with Gasteiger partial charge < -0.3 is 14.6 Å². The molecule has 1 heterocycles. The monoisotopic (exact) mass is 316 g/mol. The van der Waals surface area contributed by atoms with Crippen LogP contribution in [0.2, 0.25) is 0 Å². The number of ether oxygens (including phenoxy) is 1. The van der Waals surface area contributed by atoms with Crippen molar-refractivity contribution < 1.29 is 14.1 Å². The Bertz CT molecular complexity index is 628. The van der Waals surface area contributed by atoms with E-state index in [2.05, 4.69) is 10.5 Å². The lowest BCUT2D eigenvalue weighted by Crippen LogP contribution is -2.47. The van der Waals surface area contributed by atoms with Crippen molar-refractivity contribution in [2.45, 2.75) is 46.3 Å². The average molecular weight is 316 g/mol. The maximum absolute atomic E-state index is 12.2. The van der Waals surface area contributed by atoms with Gasteiger partial charge in [0.15, 0.2) is 0 Å². The Hall–Kier alpha value is -2.14. The standard InChI is InChI=1S/C18H24N2O3/c1-13-16(14(2)23-20-13)10-17(21)19-18(3,4)12-22-11-15-8-6-5-7-9-15/h5-9H,10-12H2,1-4H3,(H,19,21). The molecule has 5 nitrogen and oxygen atoms in total. The van der Waals surface area contributed by atoms with E-state index in [0.717, 1.165) is 16.8 Å². The summed E-state index contributed by atoms with van der Waals surface area (Å²) in [5.74, 6) is 0.628. The number of aryl methyl sites for hydroxylation is 2. The molecule has 1 aromatic heterocycles. The predicted octanol–water partition coefficient (Wildman–Crippen LogP) is 2.95. The number of rotatable bonds is 7. The number of amides is 1. The van der Waals surface area contributed by atoms with Gasteiger partial charge in [0.2, 0.25) is 5.91 Å². The highest BCUT2D eigenvalue weighted by atomic mass is 16.5. The van der Waals surface area contributed by atoms with Crippen molar-refractivity contribution in [1.29, 1.82) is 0 Å². The van der Waals surface area contributed by atoms with Crippen LogP contribution < -0.4 is 5.32 Å². The second-order valence-electron chi connectivity index (χ2n) is 6.39. The van der Waals surface area contributed by atoms with Crippen LogP contribution in [0.5, 0.6) is 0 Å². The first-order valence-electron chi connectivity index (χ1n) is 7.72. The summed E-state index contributed by atoms with van der Waals surface area (Å²) < 4.78 is 10.8. The quantitative estimate of drug-likeness (QED) is 0.853. The molecule has 1 N–H and O–H groups in total. The molecule has 0 bridgehead atoms. The van der Waals surface area contributed by atoms with Crippen LogP contribution in [0.25, 0.3) is 0 Å². The van der Waals surface area contributed by atoms with E-state index in [0.29, 0.717) is 19.0 Å². The van der Waals surface area contributed by atoms with Gasteiger partial charge in [-0.25, -0.2) is 0 Å². The highest BCUT2D eigenvalue weighted by Crippen LogP contribution is 2.14. The second kappa shape index (κ2) is 7.42. The lowest BCUT2D eigenvalue weighted by Gasteiger charge is -2.26. The molecule has 0 unspecified atom stereocenters. The molecule has 2 rings (SSSR count). The average Bonchev–Trinajstić information content (AvgIpc) is 2.79. The fraction of sp³-hybridized carbons (Fsp3) is 0.444. The molecule has 2 aromatic rings. The molecule has 1 amide bonds. The summed E-state index contributed by atoms with van der Waals surface area (Å²) in [5, 5.41) is 6.87. The molecule has 0 aliphatic carbocycles. The smallest absolute Gasteiger partial charge is 0.225 e. The van der Waals surface area contributed by atoms with E-state index in [-0.39, 0.29) is 12.3 Å². The molecule has 0 fully saturated rings. The second-order valence-corrected chi connectivity index (χ2v) is 6.39. The minimum atomic E-state index is -0.440. The van der Waals surface area contributed by atoms with Crippen molar-refractivity contribution in [2.75, 3.05) is 6.61 Å². The molecule has 0 saturated carbocycles. The van der Waals surface area contributed by atoms with E-state index in [1.165, 1.54) is 0 Å². The Morgan fingerprint density at radius 1 is 1.26 bits per heavy atom. The number of nitrogens with zero attached hydrogens (tertiary/aromatic N) is 1. The van der Waals surface area contributed by atoms with Crippen molar-refractivity contribution in [1.82, 2.24) is 10.5 Å². The molecule has 1 aromatic carbocycles. The summed E-state index contributed by atoms with van der Waals surface area (Å²) in [6, 6.07) is 9.97. The Kier molecular flexibility index (Phi) is 5.55. The molecule has 23 heavy (non-hydrogen) atoms. The summed E-state index contributed by atoms with van der Waals surface area (Å²) in [6.07, 6.45) is 0.267. The van der Waals surface area contributed by atoms with Crippen molar-refractivity contribution >= 4 is 5.91 Å². The summed E-state index contributed by atoms with van der Waals surface area (Å²) in [7, 11) is 0. The molecule has 0 spiro atoms. The highest BCUT2D eigenvalue weighted by molar-refractivity contribution is 5.79. The minimum Gasteiger partial charge on any atom is -0.374 e. The Labute approximate surface area is 137 Å². The summed E-state index contributed by atoms with van der Waals surface area (Å²) >= 11 is 0. The molecule has 0 saturated heterocycles. The van der Waals surface area contributed by atoms with Crippen molar-refractivity contribution in [3.05, 3.63) is 52.9 Å². The maximum Gasteiger partial charge on any atom is 0.225 e. The number of aromatic nitrogens is 1. The van der Waals surface area contributed by atoms with E-state index in [1.54, 1.807) is 0 Å². The lowest BCUT2D eigenvalue weighted by molar-refractivity contribution is -0.122. The van der Waals surface area contributed by atoms with Crippen LogP contribution in [0.15, 0.2) is 34.9 Å². The van der Waals surface area contributed by atoms with Gasteiger partial charge in [-0.1, -0.05) is 35.5 Å². The van der Waals surface area contributed by atoms with Gasteiger partial charge in [-0.05, 0) is 33.3 Å². The van der Waals surface area contributed by atoms with E-state index in [9.17, 15) is 4.79 Å². The third-order valence-electron chi connectivity index (χ3n) is 3.57. The molecule has 0 aliphatic heterocycles. The Morgan fingerprint density at radius 3 is 2.57 bits per heavy atom. The number of carbonyl (C=O) groups is 1.